The molecule has 0 N–H and O–H groups in total. The molecule has 0 atom stereocenters. The average Bonchev–Trinajstić information content (AvgIpc) is 3.69. The van der Waals surface area contributed by atoms with Gasteiger partial charge in [-0.15, -0.1) is 11.3 Å². The predicted molar refractivity (Wildman–Crippen MR) is 251 cm³/mol. The number of fused-ring (bicyclic) bond motifs is 5. The van der Waals surface area contributed by atoms with Crippen molar-refractivity contribution in [3.05, 3.63) is 200 Å². The highest BCUT2D eigenvalue weighted by molar-refractivity contribution is 7.26. The molecule has 1 aliphatic carbocycles. The summed E-state index contributed by atoms with van der Waals surface area (Å²) in [5.74, 6) is 0.599. The van der Waals surface area contributed by atoms with E-state index in [-0.39, 0.29) is 0 Å². The Morgan fingerprint density at radius 3 is 1.78 bits per heavy atom. The molecular formula is C56H43NS. The van der Waals surface area contributed by atoms with Gasteiger partial charge < -0.3 is 4.90 Å². The monoisotopic (exact) mass is 761 g/mol. The van der Waals surface area contributed by atoms with E-state index in [1.807, 2.05) is 11.3 Å². The fourth-order valence-electron chi connectivity index (χ4n) is 9.72. The lowest BCUT2D eigenvalue weighted by Gasteiger charge is -2.30. The first-order chi connectivity index (χ1) is 28.8. The largest absolute Gasteiger partial charge is 0.309 e. The Morgan fingerprint density at radius 1 is 0.379 bits per heavy atom. The van der Waals surface area contributed by atoms with Crippen LogP contribution < -0.4 is 4.90 Å². The van der Waals surface area contributed by atoms with Crippen LogP contribution in [0.5, 0.6) is 0 Å². The Hall–Kier alpha value is -6.48. The summed E-state index contributed by atoms with van der Waals surface area (Å²) < 4.78 is 2.61. The minimum atomic E-state index is 0.599. The van der Waals surface area contributed by atoms with Crippen LogP contribution in [-0.2, 0) is 0 Å². The van der Waals surface area contributed by atoms with Gasteiger partial charge >= 0.3 is 0 Å². The first-order valence-electron chi connectivity index (χ1n) is 20.8. The number of hydrogen-bond acceptors (Lipinski definition) is 2. The lowest BCUT2D eigenvalue weighted by Crippen LogP contribution is -2.12. The molecule has 9 aromatic carbocycles. The van der Waals surface area contributed by atoms with Gasteiger partial charge in [-0.3, -0.25) is 0 Å². The summed E-state index contributed by atoms with van der Waals surface area (Å²) in [5, 5.41) is 7.88. The lowest BCUT2D eigenvalue weighted by atomic mass is 9.80. The van der Waals surface area contributed by atoms with Gasteiger partial charge in [-0.25, -0.2) is 0 Å². The zero-order valence-corrected chi connectivity index (χ0v) is 33.3. The Bertz CT molecular complexity index is 3080. The van der Waals surface area contributed by atoms with Crippen LogP contribution in [0.3, 0.4) is 0 Å². The molecule has 1 nitrogen and oxygen atoms in total. The van der Waals surface area contributed by atoms with Crippen molar-refractivity contribution >= 4 is 70.1 Å². The van der Waals surface area contributed by atoms with Crippen molar-refractivity contribution in [2.24, 2.45) is 0 Å². The van der Waals surface area contributed by atoms with Gasteiger partial charge in [0.1, 0.15) is 0 Å². The summed E-state index contributed by atoms with van der Waals surface area (Å²) in [6, 6.07) is 72.2. The maximum atomic E-state index is 2.52. The molecule has 11 rings (SSSR count). The van der Waals surface area contributed by atoms with Gasteiger partial charge in [-0.1, -0.05) is 177 Å². The van der Waals surface area contributed by atoms with E-state index in [2.05, 4.69) is 199 Å². The Kier molecular flexibility index (Phi) is 8.86. The van der Waals surface area contributed by atoms with E-state index in [0.29, 0.717) is 5.92 Å². The maximum absolute atomic E-state index is 2.52. The van der Waals surface area contributed by atoms with Crippen LogP contribution >= 0.6 is 11.3 Å². The molecular weight excluding hydrogens is 719 g/mol. The van der Waals surface area contributed by atoms with Crippen molar-refractivity contribution < 1.29 is 0 Å². The van der Waals surface area contributed by atoms with Gasteiger partial charge in [0.25, 0.3) is 0 Å². The standard InChI is InChI=1S/C56H43NS/c1-2-14-41(15-3-1)47-24-11-18-43-19-12-25-49(55(43)47)48-21-6-8-26-51(48)57(52-27-13-29-54-56(52)50-22-7-9-28-53(50)58-54)44-36-34-39(35-37-44)38-30-32-42(33-31-38)46-23-10-17-40-16-4-5-20-45(40)46/h4-13,16-37,41H,1-3,14-15H2. The summed E-state index contributed by atoms with van der Waals surface area (Å²) in [4.78, 5) is 2.52. The molecule has 1 aliphatic rings. The molecule has 1 aromatic heterocycles. The maximum Gasteiger partial charge on any atom is 0.0555 e. The summed E-state index contributed by atoms with van der Waals surface area (Å²) in [5.41, 5.74) is 12.5. The third-order valence-corrected chi connectivity index (χ3v) is 13.6. The lowest BCUT2D eigenvalue weighted by molar-refractivity contribution is 0.445. The van der Waals surface area contributed by atoms with E-state index in [1.54, 1.807) is 0 Å². The second kappa shape index (κ2) is 14.8. The summed E-state index contributed by atoms with van der Waals surface area (Å²) in [6.07, 6.45) is 6.52. The van der Waals surface area contributed by atoms with Gasteiger partial charge in [-0.05, 0) is 110 Å². The Morgan fingerprint density at radius 2 is 0.948 bits per heavy atom. The quantitative estimate of drug-likeness (QED) is 0.156. The highest BCUT2D eigenvalue weighted by atomic mass is 32.1. The van der Waals surface area contributed by atoms with Gasteiger partial charge in [0.05, 0.1) is 11.4 Å². The zero-order valence-electron chi connectivity index (χ0n) is 32.4. The smallest absolute Gasteiger partial charge is 0.0555 e. The van der Waals surface area contributed by atoms with E-state index in [1.165, 1.54) is 124 Å². The van der Waals surface area contributed by atoms with Crippen molar-refractivity contribution in [1.82, 2.24) is 0 Å². The molecule has 1 heterocycles. The molecule has 0 amide bonds. The second-order valence-corrected chi connectivity index (χ2v) is 16.9. The fourth-order valence-corrected chi connectivity index (χ4v) is 10.8. The molecule has 58 heavy (non-hydrogen) atoms. The van der Waals surface area contributed by atoms with E-state index in [4.69, 9.17) is 0 Å². The van der Waals surface area contributed by atoms with E-state index < -0.39 is 0 Å². The molecule has 10 aromatic rings. The van der Waals surface area contributed by atoms with Crippen LogP contribution in [0.1, 0.15) is 43.6 Å². The molecule has 1 fully saturated rings. The number of nitrogens with zero attached hydrogens (tertiary/aromatic N) is 1. The van der Waals surface area contributed by atoms with E-state index in [9.17, 15) is 0 Å². The molecule has 0 aliphatic heterocycles. The van der Waals surface area contributed by atoms with Gasteiger partial charge in [0.2, 0.25) is 0 Å². The van der Waals surface area contributed by atoms with Gasteiger partial charge in [0, 0.05) is 31.4 Å². The van der Waals surface area contributed by atoms with Crippen LogP contribution in [0, 0.1) is 0 Å². The SMILES string of the molecule is c1ccc(N(c2ccc(-c3ccc(-c4cccc5ccccc45)cc3)cc2)c2cccc3sc4ccccc4c23)c(-c2cccc3cccc(C4CCCCC4)c23)c1. The second-order valence-electron chi connectivity index (χ2n) is 15.8. The number of para-hydroxylation sites is 1. The van der Waals surface area contributed by atoms with Crippen molar-refractivity contribution in [1.29, 1.82) is 0 Å². The first kappa shape index (κ1) is 34.7. The third-order valence-electron chi connectivity index (χ3n) is 12.5. The van der Waals surface area contributed by atoms with Crippen LogP contribution in [0.25, 0.3) is 75.1 Å². The minimum Gasteiger partial charge on any atom is -0.309 e. The average molecular weight is 762 g/mol. The van der Waals surface area contributed by atoms with Crippen molar-refractivity contribution in [3.8, 4) is 33.4 Å². The number of anilines is 3. The summed E-state index contributed by atoms with van der Waals surface area (Å²) in [6.45, 7) is 0. The zero-order chi connectivity index (χ0) is 38.4. The third kappa shape index (κ3) is 6.08. The number of rotatable bonds is 7. The molecule has 0 radical (unpaired) electrons. The highest BCUT2D eigenvalue weighted by Crippen LogP contribution is 2.49. The molecule has 0 saturated heterocycles. The van der Waals surface area contributed by atoms with Gasteiger partial charge in [0.15, 0.2) is 0 Å². The fraction of sp³-hybridized carbons (Fsp3) is 0.107. The van der Waals surface area contributed by atoms with Crippen LogP contribution in [0.15, 0.2) is 194 Å². The number of thiophene rings is 1. The first-order valence-corrected chi connectivity index (χ1v) is 21.6. The minimum absolute atomic E-state index is 0.599. The van der Waals surface area contributed by atoms with E-state index in [0.717, 1.165) is 5.69 Å². The molecule has 0 spiro atoms. The topological polar surface area (TPSA) is 3.24 Å². The Balaban J connectivity index is 1.06. The molecule has 1 saturated carbocycles. The van der Waals surface area contributed by atoms with Crippen molar-refractivity contribution in [2.75, 3.05) is 4.90 Å². The predicted octanol–water partition coefficient (Wildman–Crippen LogP) is 16.9. The number of benzene rings is 9. The molecule has 278 valence electrons. The van der Waals surface area contributed by atoms with Crippen molar-refractivity contribution in [3.63, 3.8) is 0 Å². The van der Waals surface area contributed by atoms with Crippen LogP contribution in [-0.4, -0.2) is 0 Å². The van der Waals surface area contributed by atoms with Crippen LogP contribution in [0.4, 0.5) is 17.1 Å². The molecule has 0 unspecified atom stereocenters. The van der Waals surface area contributed by atoms with E-state index >= 15 is 0 Å². The molecule has 2 heteroatoms. The molecule has 0 bridgehead atoms. The van der Waals surface area contributed by atoms with Crippen LogP contribution in [0.2, 0.25) is 0 Å². The highest BCUT2D eigenvalue weighted by Gasteiger charge is 2.24. The Labute approximate surface area is 344 Å². The van der Waals surface area contributed by atoms with Crippen molar-refractivity contribution in [2.45, 2.75) is 38.0 Å². The summed E-state index contributed by atoms with van der Waals surface area (Å²) in [7, 11) is 0. The number of hydrogen-bond donors (Lipinski definition) is 0. The summed E-state index contributed by atoms with van der Waals surface area (Å²) >= 11 is 1.88. The normalized spacial score (nSPS) is 13.4. The van der Waals surface area contributed by atoms with Gasteiger partial charge in [-0.2, -0.15) is 0 Å².